The molecule has 0 saturated carbocycles. The molecule has 1 aliphatic rings. The average molecular weight is 254 g/mol. The number of hydrogen-bond donors (Lipinski definition) is 1. The number of carbonyl (C=O) groups excluding carboxylic acids is 1. The summed E-state index contributed by atoms with van der Waals surface area (Å²) in [6, 6.07) is 7.60. The van der Waals surface area contributed by atoms with E-state index in [4.69, 9.17) is 0 Å². The topological polar surface area (TPSA) is 29.1 Å². The number of benzene rings is 1. The Kier molecular flexibility index (Phi) is 2.99. The van der Waals surface area contributed by atoms with Crippen molar-refractivity contribution in [2.45, 2.75) is 18.9 Å². The van der Waals surface area contributed by atoms with Crippen molar-refractivity contribution < 1.29 is 4.79 Å². The Balaban J connectivity index is 2.17. The molecule has 1 saturated heterocycles. The van der Waals surface area contributed by atoms with Gasteiger partial charge in [0.05, 0.1) is 6.04 Å². The van der Waals surface area contributed by atoms with Gasteiger partial charge in [-0.3, -0.25) is 4.79 Å². The van der Waals surface area contributed by atoms with Gasteiger partial charge in [-0.25, -0.2) is 0 Å². The first-order valence-corrected chi connectivity index (χ1v) is 5.60. The van der Waals surface area contributed by atoms with Gasteiger partial charge in [0.25, 0.3) is 0 Å². The highest BCUT2D eigenvalue weighted by Crippen LogP contribution is 2.16. The van der Waals surface area contributed by atoms with Crippen LogP contribution < -0.4 is 5.32 Å². The Morgan fingerprint density at radius 1 is 1.50 bits per heavy atom. The number of ketones is 1. The second-order valence-corrected chi connectivity index (χ2v) is 4.44. The van der Waals surface area contributed by atoms with E-state index in [9.17, 15) is 4.79 Å². The summed E-state index contributed by atoms with van der Waals surface area (Å²) in [7, 11) is 0. The van der Waals surface area contributed by atoms with Crippen LogP contribution in [0.2, 0.25) is 0 Å². The molecule has 1 unspecified atom stereocenters. The molecule has 1 aliphatic heterocycles. The summed E-state index contributed by atoms with van der Waals surface area (Å²) in [4.78, 5) is 11.9. The van der Waals surface area contributed by atoms with Gasteiger partial charge < -0.3 is 5.32 Å². The van der Waals surface area contributed by atoms with Crippen molar-refractivity contribution >= 4 is 21.7 Å². The highest BCUT2D eigenvalue weighted by atomic mass is 79.9. The highest BCUT2D eigenvalue weighted by molar-refractivity contribution is 9.10. The van der Waals surface area contributed by atoms with Gasteiger partial charge in [-0.1, -0.05) is 28.1 Å². The fourth-order valence-corrected chi connectivity index (χ4v) is 2.15. The van der Waals surface area contributed by atoms with E-state index in [2.05, 4.69) is 21.2 Å². The summed E-state index contributed by atoms with van der Waals surface area (Å²) in [6.45, 7) is 0.963. The van der Waals surface area contributed by atoms with Crippen LogP contribution in [0.5, 0.6) is 0 Å². The molecule has 1 heterocycles. The van der Waals surface area contributed by atoms with Crippen LogP contribution in [0.25, 0.3) is 0 Å². The summed E-state index contributed by atoms with van der Waals surface area (Å²) in [5.41, 5.74) is 0.791. The van der Waals surface area contributed by atoms with E-state index < -0.39 is 0 Å². The fourth-order valence-electron chi connectivity index (χ4n) is 1.75. The van der Waals surface area contributed by atoms with Crippen LogP contribution in [0, 0.1) is 0 Å². The molecule has 1 fully saturated rings. The Hall–Kier alpha value is -0.670. The van der Waals surface area contributed by atoms with E-state index in [1.165, 1.54) is 0 Å². The molecule has 0 bridgehead atoms. The maximum Gasteiger partial charge on any atom is 0.179 e. The standard InChI is InChI=1S/C11H12BrNO/c12-9-4-1-3-8(7-9)11(14)10-5-2-6-13-10/h1,3-4,7,10,13H,2,5-6H2. The molecule has 0 spiro atoms. The second kappa shape index (κ2) is 4.24. The van der Waals surface area contributed by atoms with Crippen molar-refractivity contribution in [2.24, 2.45) is 0 Å². The zero-order valence-electron chi connectivity index (χ0n) is 7.79. The smallest absolute Gasteiger partial charge is 0.179 e. The van der Waals surface area contributed by atoms with Crippen LogP contribution in [0.1, 0.15) is 23.2 Å². The Morgan fingerprint density at radius 3 is 3.00 bits per heavy atom. The summed E-state index contributed by atoms with van der Waals surface area (Å²) in [5, 5.41) is 3.21. The van der Waals surface area contributed by atoms with E-state index in [1.54, 1.807) is 0 Å². The molecular formula is C11H12BrNO. The van der Waals surface area contributed by atoms with E-state index >= 15 is 0 Å². The molecular weight excluding hydrogens is 242 g/mol. The maximum atomic E-state index is 11.9. The molecule has 3 heteroatoms. The van der Waals surface area contributed by atoms with Crippen molar-refractivity contribution in [3.8, 4) is 0 Å². The van der Waals surface area contributed by atoms with Crippen molar-refractivity contribution in [1.82, 2.24) is 5.32 Å². The predicted octanol–water partition coefficient (Wildman–Crippen LogP) is 2.38. The average Bonchev–Trinajstić information content (AvgIpc) is 2.69. The number of Topliss-reactive ketones (excluding diaryl/α,β-unsaturated/α-hetero) is 1. The molecule has 2 nitrogen and oxygen atoms in total. The normalized spacial score (nSPS) is 21.1. The van der Waals surface area contributed by atoms with E-state index in [0.29, 0.717) is 0 Å². The number of rotatable bonds is 2. The minimum atomic E-state index is 0.0318. The highest BCUT2D eigenvalue weighted by Gasteiger charge is 2.22. The Labute approximate surface area is 91.8 Å². The largest absolute Gasteiger partial charge is 0.307 e. The second-order valence-electron chi connectivity index (χ2n) is 3.52. The van der Waals surface area contributed by atoms with Gasteiger partial charge in [-0.05, 0) is 31.5 Å². The SMILES string of the molecule is O=C(c1cccc(Br)c1)C1CCCN1. The quantitative estimate of drug-likeness (QED) is 0.821. The van der Waals surface area contributed by atoms with Crippen LogP contribution >= 0.6 is 15.9 Å². The zero-order chi connectivity index (χ0) is 9.97. The molecule has 0 amide bonds. The third-order valence-electron chi connectivity index (χ3n) is 2.49. The van der Waals surface area contributed by atoms with Crippen LogP contribution in [-0.4, -0.2) is 18.4 Å². The van der Waals surface area contributed by atoms with Crippen LogP contribution in [0.15, 0.2) is 28.7 Å². The van der Waals surface area contributed by atoms with Gasteiger partial charge in [0.1, 0.15) is 0 Å². The first kappa shape index (κ1) is 9.87. The third-order valence-corrected chi connectivity index (χ3v) is 2.98. The predicted molar refractivity (Wildman–Crippen MR) is 59.5 cm³/mol. The fraction of sp³-hybridized carbons (Fsp3) is 0.364. The monoisotopic (exact) mass is 253 g/mol. The maximum absolute atomic E-state index is 11.9. The first-order chi connectivity index (χ1) is 6.77. The molecule has 14 heavy (non-hydrogen) atoms. The third kappa shape index (κ3) is 2.04. The van der Waals surface area contributed by atoms with Gasteiger partial charge >= 0.3 is 0 Å². The van der Waals surface area contributed by atoms with Crippen LogP contribution in [0.4, 0.5) is 0 Å². The minimum absolute atomic E-state index is 0.0318. The van der Waals surface area contributed by atoms with Crippen molar-refractivity contribution in [3.05, 3.63) is 34.3 Å². The Bertz CT molecular complexity index is 345. The van der Waals surface area contributed by atoms with Crippen molar-refractivity contribution in [3.63, 3.8) is 0 Å². The zero-order valence-corrected chi connectivity index (χ0v) is 9.38. The van der Waals surface area contributed by atoms with Crippen molar-refractivity contribution in [1.29, 1.82) is 0 Å². The minimum Gasteiger partial charge on any atom is -0.307 e. The van der Waals surface area contributed by atoms with E-state index in [1.807, 2.05) is 24.3 Å². The lowest BCUT2D eigenvalue weighted by Gasteiger charge is -2.08. The molecule has 2 rings (SSSR count). The number of halogens is 1. The lowest BCUT2D eigenvalue weighted by Crippen LogP contribution is -2.30. The first-order valence-electron chi connectivity index (χ1n) is 4.80. The summed E-state index contributed by atoms with van der Waals surface area (Å²) in [6.07, 6.45) is 2.07. The molecule has 1 atom stereocenters. The van der Waals surface area contributed by atoms with Gasteiger partial charge in [0.15, 0.2) is 5.78 Å². The summed E-state index contributed by atoms with van der Waals surface area (Å²) in [5.74, 6) is 0.212. The number of hydrogen-bond acceptors (Lipinski definition) is 2. The molecule has 0 aliphatic carbocycles. The molecule has 0 aromatic heterocycles. The van der Waals surface area contributed by atoms with Gasteiger partial charge in [-0.15, -0.1) is 0 Å². The molecule has 1 N–H and O–H groups in total. The molecule has 1 aromatic rings. The van der Waals surface area contributed by atoms with E-state index in [-0.39, 0.29) is 11.8 Å². The van der Waals surface area contributed by atoms with E-state index in [0.717, 1.165) is 29.4 Å². The van der Waals surface area contributed by atoms with Crippen LogP contribution in [-0.2, 0) is 0 Å². The van der Waals surface area contributed by atoms with Crippen molar-refractivity contribution in [2.75, 3.05) is 6.54 Å². The summed E-state index contributed by atoms with van der Waals surface area (Å²) >= 11 is 3.37. The lowest BCUT2D eigenvalue weighted by atomic mass is 10.0. The Morgan fingerprint density at radius 2 is 2.36 bits per heavy atom. The van der Waals surface area contributed by atoms with Gasteiger partial charge in [0.2, 0.25) is 0 Å². The summed E-state index contributed by atoms with van der Waals surface area (Å²) < 4.78 is 0.960. The number of carbonyl (C=O) groups is 1. The molecule has 0 radical (unpaired) electrons. The van der Waals surface area contributed by atoms with Crippen LogP contribution in [0.3, 0.4) is 0 Å². The number of nitrogens with one attached hydrogen (secondary N) is 1. The lowest BCUT2D eigenvalue weighted by molar-refractivity contribution is 0.0952. The molecule has 74 valence electrons. The molecule has 1 aromatic carbocycles. The van der Waals surface area contributed by atoms with Gasteiger partial charge in [-0.2, -0.15) is 0 Å². The van der Waals surface area contributed by atoms with Gasteiger partial charge in [0, 0.05) is 10.0 Å².